The molecule has 0 radical (unpaired) electrons. The highest BCUT2D eigenvalue weighted by atomic mass is 16.3. The molecule has 1 saturated heterocycles. The number of β-amino-alcohol motifs (C(OH)–C–C–N with tert-alkyl or cyclic N) is 2. The third kappa shape index (κ3) is 3.66. The van der Waals surface area contributed by atoms with Gasteiger partial charge in [0, 0.05) is 19.1 Å². The van der Waals surface area contributed by atoms with E-state index in [1.807, 2.05) is 25.7 Å². The minimum atomic E-state index is -0.738. The predicted octanol–water partition coefficient (Wildman–Crippen LogP) is -0.283. The molecule has 3 atom stereocenters. The first-order chi connectivity index (χ1) is 7.99. The van der Waals surface area contributed by atoms with Gasteiger partial charge in [-0.2, -0.15) is 0 Å². The van der Waals surface area contributed by atoms with Gasteiger partial charge in [-0.25, -0.2) is 0 Å². The van der Waals surface area contributed by atoms with Crippen LogP contribution in [-0.2, 0) is 4.79 Å². The van der Waals surface area contributed by atoms with Gasteiger partial charge in [-0.3, -0.25) is 9.69 Å². The van der Waals surface area contributed by atoms with Crippen molar-refractivity contribution < 1.29 is 15.0 Å². The number of likely N-dealkylation sites (tertiary alicyclic amines) is 1. The summed E-state index contributed by atoms with van der Waals surface area (Å²) in [5.41, 5.74) is 0. The van der Waals surface area contributed by atoms with Gasteiger partial charge in [0.25, 0.3) is 0 Å². The molecule has 17 heavy (non-hydrogen) atoms. The average Bonchev–Trinajstić information content (AvgIpc) is 2.65. The van der Waals surface area contributed by atoms with Gasteiger partial charge in [0.05, 0.1) is 18.2 Å². The molecule has 1 rings (SSSR count). The summed E-state index contributed by atoms with van der Waals surface area (Å²) in [5.74, 6) is -0.0278. The van der Waals surface area contributed by atoms with Crippen molar-refractivity contribution in [2.75, 3.05) is 13.1 Å². The lowest BCUT2D eigenvalue weighted by atomic mass is 10.1. The molecule has 1 heterocycles. The first kappa shape index (κ1) is 14.4. The maximum atomic E-state index is 12.0. The van der Waals surface area contributed by atoms with E-state index in [1.165, 1.54) is 0 Å². The number of hydrogen-bond acceptors (Lipinski definition) is 4. The van der Waals surface area contributed by atoms with Crippen LogP contribution in [0.25, 0.3) is 0 Å². The van der Waals surface area contributed by atoms with E-state index in [0.717, 1.165) is 12.8 Å². The van der Waals surface area contributed by atoms with Crippen molar-refractivity contribution in [3.05, 3.63) is 0 Å². The molecular weight excluding hydrogens is 220 g/mol. The van der Waals surface area contributed by atoms with Crippen LogP contribution in [0.3, 0.4) is 0 Å². The number of carbonyl (C=O) groups excluding carboxylic acids is 1. The van der Waals surface area contributed by atoms with E-state index >= 15 is 0 Å². The molecule has 1 aliphatic rings. The van der Waals surface area contributed by atoms with Gasteiger partial charge in [0.15, 0.2) is 0 Å². The van der Waals surface area contributed by atoms with Crippen LogP contribution in [0, 0.1) is 0 Å². The van der Waals surface area contributed by atoms with Crippen LogP contribution in [0.15, 0.2) is 0 Å². The number of rotatable bonds is 5. The molecule has 1 fully saturated rings. The summed E-state index contributed by atoms with van der Waals surface area (Å²) in [5, 5.41) is 21.9. The number of carbonyl (C=O) groups is 1. The van der Waals surface area contributed by atoms with Crippen LogP contribution in [0.1, 0.15) is 33.6 Å². The third-order valence-corrected chi connectivity index (χ3v) is 3.55. The number of aliphatic hydroxyl groups excluding tert-OH is 2. The molecule has 1 aliphatic heterocycles. The number of amides is 1. The predicted molar refractivity (Wildman–Crippen MR) is 65.6 cm³/mol. The summed E-state index contributed by atoms with van der Waals surface area (Å²) in [6, 6.07) is -0.0928. The largest absolute Gasteiger partial charge is 0.389 e. The van der Waals surface area contributed by atoms with E-state index in [2.05, 4.69) is 5.32 Å². The van der Waals surface area contributed by atoms with Crippen LogP contribution in [0.5, 0.6) is 0 Å². The fourth-order valence-electron chi connectivity index (χ4n) is 2.10. The maximum Gasteiger partial charge on any atom is 0.237 e. The van der Waals surface area contributed by atoms with Crippen LogP contribution < -0.4 is 5.32 Å². The normalized spacial score (nSPS) is 27.4. The summed E-state index contributed by atoms with van der Waals surface area (Å²) in [6.45, 7) is 6.62. The van der Waals surface area contributed by atoms with Crippen LogP contribution in [-0.4, -0.2) is 58.4 Å². The summed E-state index contributed by atoms with van der Waals surface area (Å²) >= 11 is 0. The molecular formula is C12H24N2O3. The van der Waals surface area contributed by atoms with Crippen molar-refractivity contribution >= 4 is 5.91 Å². The highest BCUT2D eigenvalue weighted by molar-refractivity contribution is 5.81. The first-order valence-electron chi connectivity index (χ1n) is 6.40. The van der Waals surface area contributed by atoms with Crippen molar-refractivity contribution in [2.24, 2.45) is 0 Å². The van der Waals surface area contributed by atoms with E-state index in [9.17, 15) is 15.0 Å². The van der Waals surface area contributed by atoms with Gasteiger partial charge in [-0.15, -0.1) is 0 Å². The van der Waals surface area contributed by atoms with E-state index in [-0.39, 0.29) is 18.0 Å². The summed E-state index contributed by atoms with van der Waals surface area (Å²) < 4.78 is 0. The van der Waals surface area contributed by atoms with Gasteiger partial charge in [0.2, 0.25) is 5.91 Å². The third-order valence-electron chi connectivity index (χ3n) is 3.55. The highest BCUT2D eigenvalue weighted by Gasteiger charge is 2.34. The van der Waals surface area contributed by atoms with Crippen molar-refractivity contribution in [2.45, 2.75) is 57.9 Å². The SMILES string of the molecule is CCC(CC)NC(=O)C(C)N1C[C@@H](O)[C@@H](O)C1. The number of nitrogens with one attached hydrogen (secondary N) is 1. The molecule has 1 amide bonds. The van der Waals surface area contributed by atoms with Crippen molar-refractivity contribution in [3.63, 3.8) is 0 Å². The number of aliphatic hydroxyl groups is 2. The Morgan fingerprint density at radius 3 is 2.18 bits per heavy atom. The van der Waals surface area contributed by atoms with E-state index in [1.54, 1.807) is 0 Å². The maximum absolute atomic E-state index is 12.0. The molecule has 0 aromatic heterocycles. The average molecular weight is 244 g/mol. The number of nitrogens with zero attached hydrogens (tertiary/aromatic N) is 1. The van der Waals surface area contributed by atoms with Crippen molar-refractivity contribution in [1.29, 1.82) is 0 Å². The van der Waals surface area contributed by atoms with Gasteiger partial charge < -0.3 is 15.5 Å². The van der Waals surface area contributed by atoms with Gasteiger partial charge >= 0.3 is 0 Å². The number of hydrogen-bond donors (Lipinski definition) is 3. The molecule has 0 saturated carbocycles. The molecule has 0 spiro atoms. The molecule has 3 N–H and O–H groups in total. The fraction of sp³-hybridized carbons (Fsp3) is 0.917. The second kappa shape index (κ2) is 6.33. The molecule has 0 aliphatic carbocycles. The molecule has 5 heteroatoms. The molecule has 1 unspecified atom stereocenters. The van der Waals surface area contributed by atoms with Gasteiger partial charge in [0.1, 0.15) is 0 Å². The minimum absolute atomic E-state index is 0.0278. The zero-order chi connectivity index (χ0) is 13.0. The van der Waals surface area contributed by atoms with Gasteiger partial charge in [-0.1, -0.05) is 13.8 Å². The molecule has 0 aromatic rings. The zero-order valence-electron chi connectivity index (χ0n) is 10.9. The van der Waals surface area contributed by atoms with Crippen molar-refractivity contribution in [3.8, 4) is 0 Å². The van der Waals surface area contributed by atoms with Gasteiger partial charge in [-0.05, 0) is 19.8 Å². The lowest BCUT2D eigenvalue weighted by molar-refractivity contribution is -0.126. The Labute approximate surface area is 103 Å². The Bertz CT molecular complexity index is 246. The molecule has 100 valence electrons. The lowest BCUT2D eigenvalue weighted by Crippen LogP contribution is -2.47. The van der Waals surface area contributed by atoms with Crippen LogP contribution in [0.2, 0.25) is 0 Å². The Hall–Kier alpha value is -0.650. The Kier molecular flexibility index (Phi) is 5.36. The second-order valence-electron chi connectivity index (χ2n) is 4.79. The van der Waals surface area contributed by atoms with E-state index in [0.29, 0.717) is 13.1 Å². The standard InChI is InChI=1S/C12H24N2O3/c1-4-9(5-2)13-12(17)8(3)14-6-10(15)11(16)7-14/h8-11,15-16H,4-7H2,1-3H3,(H,13,17)/t8?,10-,11+. The molecule has 0 aromatic carbocycles. The summed E-state index contributed by atoms with van der Waals surface area (Å²) in [6.07, 6.45) is 0.359. The zero-order valence-corrected chi connectivity index (χ0v) is 10.9. The Balaban J connectivity index is 2.47. The highest BCUT2D eigenvalue weighted by Crippen LogP contribution is 2.13. The Morgan fingerprint density at radius 1 is 1.29 bits per heavy atom. The van der Waals surface area contributed by atoms with Crippen molar-refractivity contribution in [1.82, 2.24) is 10.2 Å². The second-order valence-corrected chi connectivity index (χ2v) is 4.79. The summed E-state index contributed by atoms with van der Waals surface area (Å²) in [4.78, 5) is 13.8. The van der Waals surface area contributed by atoms with E-state index in [4.69, 9.17) is 0 Å². The fourth-order valence-corrected chi connectivity index (χ4v) is 2.10. The van der Waals surface area contributed by atoms with Crippen LogP contribution >= 0.6 is 0 Å². The van der Waals surface area contributed by atoms with E-state index < -0.39 is 12.2 Å². The summed E-state index contributed by atoms with van der Waals surface area (Å²) in [7, 11) is 0. The monoisotopic (exact) mass is 244 g/mol. The molecule has 5 nitrogen and oxygen atoms in total. The smallest absolute Gasteiger partial charge is 0.237 e. The Morgan fingerprint density at radius 2 is 1.76 bits per heavy atom. The quantitative estimate of drug-likeness (QED) is 0.622. The van der Waals surface area contributed by atoms with Crippen LogP contribution in [0.4, 0.5) is 0 Å². The topological polar surface area (TPSA) is 72.8 Å². The molecule has 0 bridgehead atoms. The minimum Gasteiger partial charge on any atom is -0.389 e. The first-order valence-corrected chi connectivity index (χ1v) is 6.40. The lowest BCUT2D eigenvalue weighted by Gasteiger charge is -2.25.